The summed E-state index contributed by atoms with van der Waals surface area (Å²) < 4.78 is 25.7. The quantitative estimate of drug-likeness (QED) is 0.846. The number of aliphatic carboxylic acids is 1. The first-order valence-corrected chi connectivity index (χ1v) is 8.79. The summed E-state index contributed by atoms with van der Waals surface area (Å²) in [6.45, 7) is -0.0840. The van der Waals surface area contributed by atoms with Crippen LogP contribution in [-0.4, -0.2) is 60.8 Å². The van der Waals surface area contributed by atoms with Gasteiger partial charge in [-0.05, 0) is 37.1 Å². The van der Waals surface area contributed by atoms with Crippen LogP contribution in [0.4, 0.5) is 0 Å². The number of hydrogen-bond acceptors (Lipinski definition) is 4. The first kappa shape index (κ1) is 17.7. The van der Waals surface area contributed by atoms with Gasteiger partial charge in [0.1, 0.15) is 6.04 Å². The lowest BCUT2D eigenvalue weighted by Gasteiger charge is -2.24. The molecule has 0 saturated carbocycles. The highest BCUT2D eigenvalue weighted by Crippen LogP contribution is 2.20. The predicted molar refractivity (Wildman–Crippen MR) is 83.6 cm³/mol. The molecule has 1 saturated heterocycles. The zero-order valence-corrected chi connectivity index (χ0v) is 14.0. The number of nitrogens with zero attached hydrogens (tertiary/aromatic N) is 2. The summed E-state index contributed by atoms with van der Waals surface area (Å²) in [5, 5.41) is 9.50. The molecule has 9 heteroatoms. The fourth-order valence-corrected chi connectivity index (χ4v) is 3.72. The number of carbonyl (C=O) groups excluding carboxylic acids is 1. The molecule has 7 nitrogen and oxygen atoms in total. The molecule has 0 aromatic heterocycles. The van der Waals surface area contributed by atoms with Crippen molar-refractivity contribution in [1.29, 1.82) is 0 Å². The molecule has 2 rings (SSSR count). The summed E-state index contributed by atoms with van der Waals surface area (Å²) in [5.74, 6) is -1.59. The summed E-state index contributed by atoms with van der Waals surface area (Å²) in [4.78, 5) is 24.6. The molecule has 1 atom stereocenters. The Morgan fingerprint density at radius 1 is 1.35 bits per heavy atom. The van der Waals surface area contributed by atoms with Crippen LogP contribution >= 0.6 is 11.6 Å². The third kappa shape index (κ3) is 3.82. The Morgan fingerprint density at radius 2 is 1.96 bits per heavy atom. The van der Waals surface area contributed by atoms with Crippen LogP contribution in [0.1, 0.15) is 12.8 Å². The third-order valence-corrected chi connectivity index (χ3v) is 5.81. The number of sulfonamides is 1. The van der Waals surface area contributed by atoms with E-state index < -0.39 is 34.5 Å². The van der Waals surface area contributed by atoms with E-state index in [1.807, 2.05) is 0 Å². The number of carboxylic acid groups (broad SMARTS) is 1. The molecule has 0 aliphatic carbocycles. The second-order valence-corrected chi connectivity index (χ2v) is 7.78. The molecule has 1 N–H and O–H groups in total. The Bertz CT molecular complexity index is 704. The summed E-state index contributed by atoms with van der Waals surface area (Å²) in [5.41, 5.74) is 0. The van der Waals surface area contributed by atoms with Crippen molar-refractivity contribution in [3.63, 3.8) is 0 Å². The van der Waals surface area contributed by atoms with Gasteiger partial charge < -0.3 is 10.0 Å². The minimum absolute atomic E-state index is 0.0217. The SMILES string of the molecule is CN(CC(=O)N1CCC[C@H]1C(=O)O)S(=O)(=O)c1ccc(Cl)cc1. The number of rotatable bonds is 5. The minimum atomic E-state index is -3.84. The standard InChI is InChI=1S/C14H17ClN2O5S/c1-16(23(21,22)11-6-4-10(15)5-7-11)9-13(18)17-8-2-3-12(17)14(19)20/h4-7,12H,2-3,8-9H2,1H3,(H,19,20)/t12-/m0/s1. The Labute approximate surface area is 139 Å². The van der Waals surface area contributed by atoms with Gasteiger partial charge in [0.15, 0.2) is 0 Å². The summed E-state index contributed by atoms with van der Waals surface area (Å²) in [7, 11) is -2.55. The molecule has 126 valence electrons. The van der Waals surface area contributed by atoms with E-state index in [4.69, 9.17) is 16.7 Å². The van der Waals surface area contributed by atoms with Crippen LogP contribution in [0.3, 0.4) is 0 Å². The molecule has 0 spiro atoms. The van der Waals surface area contributed by atoms with Crippen molar-refractivity contribution in [2.75, 3.05) is 20.1 Å². The number of carbonyl (C=O) groups is 2. The van der Waals surface area contributed by atoms with Crippen molar-refractivity contribution >= 4 is 33.5 Å². The van der Waals surface area contributed by atoms with Gasteiger partial charge in [0, 0.05) is 18.6 Å². The third-order valence-electron chi connectivity index (χ3n) is 3.74. The fourth-order valence-electron chi connectivity index (χ4n) is 2.47. The van der Waals surface area contributed by atoms with Gasteiger partial charge in [0.25, 0.3) is 0 Å². The van der Waals surface area contributed by atoms with E-state index in [9.17, 15) is 18.0 Å². The van der Waals surface area contributed by atoms with E-state index in [-0.39, 0.29) is 4.90 Å². The normalized spacial score (nSPS) is 18.4. The molecule has 1 heterocycles. The zero-order chi connectivity index (χ0) is 17.2. The topological polar surface area (TPSA) is 95.0 Å². The summed E-state index contributed by atoms with van der Waals surface area (Å²) in [6.07, 6.45) is 0.977. The van der Waals surface area contributed by atoms with Crippen LogP contribution in [0.5, 0.6) is 0 Å². The fraction of sp³-hybridized carbons (Fsp3) is 0.429. The van der Waals surface area contributed by atoms with Crippen molar-refractivity contribution in [3.8, 4) is 0 Å². The van der Waals surface area contributed by atoms with E-state index in [2.05, 4.69) is 0 Å². The van der Waals surface area contributed by atoms with Gasteiger partial charge in [-0.15, -0.1) is 0 Å². The highest BCUT2D eigenvalue weighted by Gasteiger charge is 2.35. The lowest BCUT2D eigenvalue weighted by molar-refractivity contribution is -0.148. The number of amides is 1. The van der Waals surface area contributed by atoms with Gasteiger partial charge in [-0.3, -0.25) is 4.79 Å². The second kappa shape index (κ2) is 6.86. The first-order chi connectivity index (χ1) is 10.7. The molecule has 1 aromatic carbocycles. The molecule has 23 heavy (non-hydrogen) atoms. The van der Waals surface area contributed by atoms with Crippen LogP contribution in [0.15, 0.2) is 29.2 Å². The number of hydrogen-bond donors (Lipinski definition) is 1. The van der Waals surface area contributed by atoms with E-state index >= 15 is 0 Å². The Hall–Kier alpha value is -1.64. The van der Waals surface area contributed by atoms with Gasteiger partial charge in [0.2, 0.25) is 15.9 Å². The van der Waals surface area contributed by atoms with Gasteiger partial charge >= 0.3 is 5.97 Å². The van der Waals surface area contributed by atoms with Crippen molar-refractivity contribution < 1.29 is 23.1 Å². The average Bonchev–Trinajstić information content (AvgIpc) is 2.97. The van der Waals surface area contributed by atoms with Crippen molar-refractivity contribution in [2.24, 2.45) is 0 Å². The van der Waals surface area contributed by atoms with E-state index in [1.54, 1.807) is 0 Å². The van der Waals surface area contributed by atoms with Crippen LogP contribution < -0.4 is 0 Å². The number of halogens is 1. The van der Waals surface area contributed by atoms with E-state index in [0.717, 1.165) is 4.31 Å². The summed E-state index contributed by atoms with van der Waals surface area (Å²) >= 11 is 5.73. The molecule has 1 aliphatic rings. The number of likely N-dealkylation sites (N-methyl/N-ethyl adjacent to an activating group) is 1. The Balaban J connectivity index is 2.11. The Morgan fingerprint density at radius 3 is 2.52 bits per heavy atom. The van der Waals surface area contributed by atoms with E-state index in [1.165, 1.54) is 36.2 Å². The lowest BCUT2D eigenvalue weighted by Crippen LogP contribution is -2.45. The molecule has 0 radical (unpaired) electrons. The predicted octanol–water partition coefficient (Wildman–Crippen LogP) is 1.04. The smallest absolute Gasteiger partial charge is 0.326 e. The monoisotopic (exact) mass is 360 g/mol. The molecule has 0 bridgehead atoms. The number of benzene rings is 1. The minimum Gasteiger partial charge on any atom is -0.480 e. The van der Waals surface area contributed by atoms with Crippen molar-refractivity contribution in [2.45, 2.75) is 23.8 Å². The summed E-state index contributed by atoms with van der Waals surface area (Å²) in [6, 6.07) is 4.73. The molecule has 1 aromatic rings. The van der Waals surface area contributed by atoms with Crippen molar-refractivity contribution in [1.82, 2.24) is 9.21 Å². The molecule has 1 amide bonds. The average molecular weight is 361 g/mol. The van der Waals surface area contributed by atoms with Gasteiger partial charge in [-0.25, -0.2) is 13.2 Å². The molecule has 1 aliphatic heterocycles. The molecule has 0 unspecified atom stereocenters. The maximum atomic E-state index is 12.4. The highest BCUT2D eigenvalue weighted by molar-refractivity contribution is 7.89. The second-order valence-electron chi connectivity index (χ2n) is 5.30. The zero-order valence-electron chi connectivity index (χ0n) is 12.5. The number of likely N-dealkylation sites (tertiary alicyclic amines) is 1. The van der Waals surface area contributed by atoms with Gasteiger partial charge in [-0.1, -0.05) is 11.6 Å². The Kier molecular flexibility index (Phi) is 5.28. The van der Waals surface area contributed by atoms with Gasteiger partial charge in [-0.2, -0.15) is 4.31 Å². The van der Waals surface area contributed by atoms with Crippen LogP contribution in [0, 0.1) is 0 Å². The maximum Gasteiger partial charge on any atom is 0.326 e. The molecular formula is C14H17ClN2O5S. The maximum absolute atomic E-state index is 12.4. The largest absolute Gasteiger partial charge is 0.480 e. The lowest BCUT2D eigenvalue weighted by atomic mass is 10.2. The highest BCUT2D eigenvalue weighted by atomic mass is 35.5. The van der Waals surface area contributed by atoms with E-state index in [0.29, 0.717) is 24.4 Å². The van der Waals surface area contributed by atoms with Crippen LogP contribution in [0.2, 0.25) is 5.02 Å². The first-order valence-electron chi connectivity index (χ1n) is 6.97. The van der Waals surface area contributed by atoms with Crippen LogP contribution in [-0.2, 0) is 19.6 Å². The van der Waals surface area contributed by atoms with Gasteiger partial charge in [0.05, 0.1) is 11.4 Å². The number of carboxylic acids is 1. The molecule has 1 fully saturated rings. The van der Waals surface area contributed by atoms with Crippen molar-refractivity contribution in [3.05, 3.63) is 29.3 Å². The molecular weight excluding hydrogens is 344 g/mol. The van der Waals surface area contributed by atoms with Crippen LogP contribution in [0.25, 0.3) is 0 Å².